The van der Waals surface area contributed by atoms with E-state index in [9.17, 15) is 27.7 Å². The molecule has 34 heavy (non-hydrogen) atoms. The molecule has 0 fully saturated rings. The number of halogens is 1. The van der Waals surface area contributed by atoms with Crippen molar-refractivity contribution in [1.82, 2.24) is 4.90 Å². The van der Waals surface area contributed by atoms with E-state index in [0.29, 0.717) is 17.7 Å². The molecule has 0 spiro atoms. The second-order valence-corrected chi connectivity index (χ2v) is 9.57. The minimum atomic E-state index is -4.17. The molecule has 0 aromatic heterocycles. The van der Waals surface area contributed by atoms with E-state index in [2.05, 4.69) is 0 Å². The van der Waals surface area contributed by atoms with E-state index in [0.717, 1.165) is 24.3 Å². The molecule has 0 N–H and O–H groups in total. The molecule has 0 unspecified atom stereocenters. The maximum Gasteiger partial charge on any atom is 0.339 e. The summed E-state index contributed by atoms with van der Waals surface area (Å²) in [5.74, 6) is -0.688. The second-order valence-electron chi connectivity index (χ2n) is 8.02. The Hall–Kier alpha value is -3.79. The van der Waals surface area contributed by atoms with Gasteiger partial charge < -0.3 is 9.08 Å². The van der Waals surface area contributed by atoms with Gasteiger partial charge in [-0.2, -0.15) is 8.42 Å². The third kappa shape index (κ3) is 6.38. The van der Waals surface area contributed by atoms with Crippen LogP contribution < -0.4 is 4.18 Å². The first kappa shape index (κ1) is 24.8. The Bertz CT molecular complexity index is 1280. The van der Waals surface area contributed by atoms with Gasteiger partial charge in [0.2, 0.25) is 0 Å². The van der Waals surface area contributed by atoms with Crippen molar-refractivity contribution in [3.63, 3.8) is 0 Å². The Labute approximate surface area is 196 Å². The monoisotopic (exact) mass is 486 g/mol. The molecule has 0 aliphatic heterocycles. The Morgan fingerprint density at radius 3 is 2.29 bits per heavy atom. The zero-order chi connectivity index (χ0) is 24.9. The molecule has 0 heterocycles. The summed E-state index contributed by atoms with van der Waals surface area (Å²) in [6.45, 7) is 4.48. The summed E-state index contributed by atoms with van der Waals surface area (Å²) in [7, 11) is -4.17. The van der Waals surface area contributed by atoms with E-state index in [1.807, 2.05) is 13.8 Å². The van der Waals surface area contributed by atoms with Crippen LogP contribution in [-0.4, -0.2) is 30.7 Å². The van der Waals surface area contributed by atoms with Crippen LogP contribution in [0.15, 0.2) is 77.7 Å². The number of rotatable bonds is 9. The first-order chi connectivity index (χ1) is 16.0. The van der Waals surface area contributed by atoms with E-state index < -0.39 is 20.9 Å². The van der Waals surface area contributed by atoms with Crippen LogP contribution in [0.5, 0.6) is 5.75 Å². The molecular weight excluding hydrogens is 463 g/mol. The highest BCUT2D eigenvalue weighted by molar-refractivity contribution is 7.87. The number of carbonyl (C=O) groups excluding carboxylic acids is 1. The molecule has 0 bridgehead atoms. The summed E-state index contributed by atoms with van der Waals surface area (Å²) in [5.41, 5.74) is 0.819. The molecule has 10 heteroatoms. The summed E-state index contributed by atoms with van der Waals surface area (Å²) in [6.07, 6.45) is 0. The number of non-ortho nitro benzene ring substituents is 1. The van der Waals surface area contributed by atoms with E-state index >= 15 is 0 Å². The third-order valence-corrected chi connectivity index (χ3v) is 6.04. The molecule has 0 atom stereocenters. The fourth-order valence-electron chi connectivity index (χ4n) is 3.26. The number of hydrogen-bond acceptors (Lipinski definition) is 6. The van der Waals surface area contributed by atoms with Gasteiger partial charge in [0.1, 0.15) is 16.5 Å². The molecule has 0 saturated carbocycles. The highest BCUT2D eigenvalue weighted by Gasteiger charge is 2.20. The first-order valence-electron chi connectivity index (χ1n) is 10.4. The Kier molecular flexibility index (Phi) is 7.62. The van der Waals surface area contributed by atoms with Crippen molar-refractivity contribution in [2.45, 2.75) is 25.3 Å². The molecular formula is C24H23FN2O6S. The number of nitrogens with zero attached hydrogens (tertiary/aromatic N) is 2. The molecule has 1 amide bonds. The molecule has 0 aliphatic carbocycles. The number of hydrogen-bond donors (Lipinski definition) is 0. The molecule has 0 radical (unpaired) electrons. The van der Waals surface area contributed by atoms with Crippen molar-refractivity contribution in [2.75, 3.05) is 6.54 Å². The molecule has 178 valence electrons. The molecule has 3 aromatic carbocycles. The summed E-state index contributed by atoms with van der Waals surface area (Å²) < 4.78 is 43.3. The van der Waals surface area contributed by atoms with Crippen molar-refractivity contribution in [1.29, 1.82) is 0 Å². The molecule has 3 rings (SSSR count). The van der Waals surface area contributed by atoms with E-state index in [1.165, 1.54) is 36.4 Å². The second kappa shape index (κ2) is 10.4. The lowest BCUT2D eigenvalue weighted by molar-refractivity contribution is -0.384. The van der Waals surface area contributed by atoms with E-state index in [4.69, 9.17) is 4.18 Å². The zero-order valence-electron chi connectivity index (χ0n) is 18.5. The summed E-state index contributed by atoms with van der Waals surface area (Å²) in [6, 6.07) is 16.0. The molecule has 3 aromatic rings. The lowest BCUT2D eigenvalue weighted by Gasteiger charge is -2.25. The maximum atomic E-state index is 13.1. The Morgan fingerprint density at radius 1 is 1.06 bits per heavy atom. The van der Waals surface area contributed by atoms with Crippen molar-refractivity contribution < 1.29 is 26.7 Å². The van der Waals surface area contributed by atoms with Crippen molar-refractivity contribution in [3.05, 3.63) is 99.9 Å². The van der Waals surface area contributed by atoms with Gasteiger partial charge in [-0.1, -0.05) is 26.0 Å². The first-order valence-corrected chi connectivity index (χ1v) is 11.8. The van der Waals surface area contributed by atoms with Crippen LogP contribution in [0.3, 0.4) is 0 Å². The van der Waals surface area contributed by atoms with Gasteiger partial charge in [-0.05, 0) is 60.0 Å². The van der Waals surface area contributed by atoms with Gasteiger partial charge in [0.05, 0.1) is 4.92 Å². The number of carbonyl (C=O) groups is 1. The minimum Gasteiger partial charge on any atom is -0.379 e. The lowest BCUT2D eigenvalue weighted by Crippen LogP contribution is -2.33. The third-order valence-electron chi connectivity index (χ3n) is 4.78. The lowest BCUT2D eigenvalue weighted by atomic mass is 10.1. The normalized spacial score (nSPS) is 11.3. The van der Waals surface area contributed by atoms with Gasteiger partial charge in [-0.3, -0.25) is 14.9 Å². The largest absolute Gasteiger partial charge is 0.379 e. The summed E-state index contributed by atoms with van der Waals surface area (Å²) in [4.78, 5) is 24.8. The van der Waals surface area contributed by atoms with Crippen LogP contribution in [0.4, 0.5) is 10.1 Å². The topological polar surface area (TPSA) is 107 Å². The van der Waals surface area contributed by atoms with Crippen molar-refractivity contribution in [3.8, 4) is 5.75 Å². The van der Waals surface area contributed by atoms with E-state index in [1.54, 1.807) is 17.0 Å². The fourth-order valence-corrected chi connectivity index (χ4v) is 4.18. The zero-order valence-corrected chi connectivity index (χ0v) is 19.4. The van der Waals surface area contributed by atoms with Crippen LogP contribution in [-0.2, 0) is 16.7 Å². The van der Waals surface area contributed by atoms with E-state index in [-0.39, 0.29) is 34.7 Å². The molecule has 0 saturated heterocycles. The number of nitro benzene ring substituents is 1. The highest BCUT2D eigenvalue weighted by Crippen LogP contribution is 2.22. The fraction of sp³-hybridized carbons (Fsp3) is 0.208. The van der Waals surface area contributed by atoms with Gasteiger partial charge in [-0.25, -0.2) is 4.39 Å². The van der Waals surface area contributed by atoms with Crippen LogP contribution in [0.1, 0.15) is 29.8 Å². The van der Waals surface area contributed by atoms with Crippen LogP contribution in [0.2, 0.25) is 0 Å². The average molecular weight is 487 g/mol. The molecule has 0 aliphatic rings. The van der Waals surface area contributed by atoms with Crippen LogP contribution >= 0.6 is 0 Å². The maximum absolute atomic E-state index is 13.1. The SMILES string of the molecule is CC(C)CN(Cc1cccc(OS(=O)(=O)c2ccc(F)cc2)c1)C(=O)c1ccc([N+](=O)[O-])cc1. The van der Waals surface area contributed by atoms with Gasteiger partial charge >= 0.3 is 10.1 Å². The minimum absolute atomic E-state index is 0.0501. The Balaban J connectivity index is 1.81. The van der Waals surface area contributed by atoms with Crippen molar-refractivity contribution >= 4 is 21.7 Å². The van der Waals surface area contributed by atoms with Crippen LogP contribution in [0, 0.1) is 21.8 Å². The van der Waals surface area contributed by atoms with Crippen LogP contribution in [0.25, 0.3) is 0 Å². The predicted octanol–water partition coefficient (Wildman–Crippen LogP) is 4.80. The van der Waals surface area contributed by atoms with Gasteiger partial charge in [0.25, 0.3) is 11.6 Å². The summed E-state index contributed by atoms with van der Waals surface area (Å²) >= 11 is 0. The number of nitro groups is 1. The van der Waals surface area contributed by atoms with Gasteiger partial charge in [0.15, 0.2) is 0 Å². The highest BCUT2D eigenvalue weighted by atomic mass is 32.2. The summed E-state index contributed by atoms with van der Waals surface area (Å²) in [5, 5.41) is 10.9. The average Bonchev–Trinajstić information content (AvgIpc) is 2.78. The number of amides is 1. The number of benzene rings is 3. The Morgan fingerprint density at radius 2 is 1.71 bits per heavy atom. The molecule has 8 nitrogen and oxygen atoms in total. The predicted molar refractivity (Wildman–Crippen MR) is 123 cm³/mol. The van der Waals surface area contributed by atoms with Crippen molar-refractivity contribution in [2.24, 2.45) is 5.92 Å². The quantitative estimate of drug-likeness (QED) is 0.244. The standard InChI is InChI=1S/C24H23FN2O6S/c1-17(2)15-26(24(28)19-6-10-21(11-7-19)27(29)30)16-18-4-3-5-22(14-18)33-34(31,32)23-12-8-20(25)9-13-23/h3-14,17H,15-16H2,1-2H3. The van der Waals surface area contributed by atoms with Gasteiger partial charge in [-0.15, -0.1) is 0 Å². The van der Waals surface area contributed by atoms with Gasteiger partial charge in [0, 0.05) is 30.8 Å². The smallest absolute Gasteiger partial charge is 0.339 e.